The molecule has 1 aromatic rings. The van der Waals surface area contributed by atoms with E-state index in [9.17, 15) is 4.79 Å². The molecule has 1 aromatic carbocycles. The molecule has 0 radical (unpaired) electrons. The second-order valence-corrected chi connectivity index (χ2v) is 3.21. The van der Waals surface area contributed by atoms with Gasteiger partial charge in [-0.15, -0.1) is 0 Å². The number of para-hydroxylation sites is 1. The van der Waals surface area contributed by atoms with Crippen LogP contribution in [0.15, 0.2) is 42.5 Å². The van der Waals surface area contributed by atoms with Crippen LogP contribution in [0.4, 0.5) is 0 Å². The number of esters is 1. The Morgan fingerprint density at radius 2 is 2.07 bits per heavy atom. The topological polar surface area (TPSA) is 26.3 Å². The second-order valence-electron chi connectivity index (χ2n) is 3.21. The van der Waals surface area contributed by atoms with Gasteiger partial charge in [0.05, 0.1) is 0 Å². The monoisotopic (exact) mass is 202 g/mol. The molecule has 0 aromatic heterocycles. The minimum absolute atomic E-state index is 0.394. The molecule has 0 fully saturated rings. The summed E-state index contributed by atoms with van der Waals surface area (Å²) in [6.07, 6.45) is 3.79. The van der Waals surface area contributed by atoms with E-state index >= 15 is 0 Å². The number of allylic oxidation sites excluding steroid dienone is 1. The Hall–Kier alpha value is -1.83. The molecule has 78 valence electrons. The van der Waals surface area contributed by atoms with E-state index in [2.05, 4.69) is 6.58 Å². The van der Waals surface area contributed by atoms with Crippen LogP contribution in [0.25, 0.3) is 6.08 Å². The number of hydrogen-bond acceptors (Lipinski definition) is 2. The fourth-order valence-corrected chi connectivity index (χ4v) is 1.08. The third-order valence-electron chi connectivity index (χ3n) is 1.82. The van der Waals surface area contributed by atoms with Gasteiger partial charge in [-0.1, -0.05) is 36.9 Å². The number of ether oxygens (including phenoxy) is 1. The summed E-state index contributed by atoms with van der Waals surface area (Å²) in [6, 6.07) is 7.37. The Balaban J connectivity index is 2.94. The van der Waals surface area contributed by atoms with E-state index in [4.69, 9.17) is 4.74 Å². The molecule has 0 aliphatic rings. The Kier molecular flexibility index (Phi) is 3.86. The molecule has 0 N–H and O–H groups in total. The average Bonchev–Trinajstić information content (AvgIpc) is 2.21. The van der Waals surface area contributed by atoms with Crippen molar-refractivity contribution in [2.75, 3.05) is 0 Å². The van der Waals surface area contributed by atoms with E-state index in [1.807, 2.05) is 37.3 Å². The molecule has 1 rings (SSSR count). The van der Waals surface area contributed by atoms with Crippen molar-refractivity contribution in [1.29, 1.82) is 0 Å². The third-order valence-corrected chi connectivity index (χ3v) is 1.82. The maximum atomic E-state index is 11.3. The molecule has 2 heteroatoms. The highest BCUT2D eigenvalue weighted by Crippen LogP contribution is 2.20. The molecule has 0 heterocycles. The fourth-order valence-electron chi connectivity index (χ4n) is 1.08. The van der Waals surface area contributed by atoms with Crippen molar-refractivity contribution in [3.63, 3.8) is 0 Å². The Morgan fingerprint density at radius 3 is 2.67 bits per heavy atom. The van der Waals surface area contributed by atoms with Gasteiger partial charge in [0, 0.05) is 11.1 Å². The van der Waals surface area contributed by atoms with Gasteiger partial charge in [-0.3, -0.25) is 0 Å². The minimum Gasteiger partial charge on any atom is -0.423 e. The molecule has 0 saturated carbocycles. The smallest absolute Gasteiger partial charge is 0.338 e. The van der Waals surface area contributed by atoms with Crippen molar-refractivity contribution in [1.82, 2.24) is 0 Å². The lowest BCUT2D eigenvalue weighted by Gasteiger charge is -2.06. The summed E-state index contributed by atoms with van der Waals surface area (Å²) < 4.78 is 5.17. The molecule has 0 aliphatic heterocycles. The number of hydrogen-bond donors (Lipinski definition) is 0. The summed E-state index contributed by atoms with van der Waals surface area (Å²) in [5.41, 5.74) is 1.28. The third kappa shape index (κ3) is 3.09. The second kappa shape index (κ2) is 5.15. The van der Waals surface area contributed by atoms with Gasteiger partial charge in [0.15, 0.2) is 0 Å². The number of rotatable bonds is 3. The predicted molar refractivity (Wildman–Crippen MR) is 61.6 cm³/mol. The van der Waals surface area contributed by atoms with Gasteiger partial charge in [0.2, 0.25) is 0 Å². The van der Waals surface area contributed by atoms with Crippen molar-refractivity contribution in [2.45, 2.75) is 13.8 Å². The largest absolute Gasteiger partial charge is 0.423 e. The van der Waals surface area contributed by atoms with Crippen LogP contribution in [-0.2, 0) is 4.79 Å². The fraction of sp³-hybridized carbons (Fsp3) is 0.154. The van der Waals surface area contributed by atoms with E-state index < -0.39 is 5.97 Å². The average molecular weight is 202 g/mol. The van der Waals surface area contributed by atoms with Crippen LogP contribution >= 0.6 is 0 Å². The van der Waals surface area contributed by atoms with Gasteiger partial charge < -0.3 is 4.74 Å². The first-order valence-corrected chi connectivity index (χ1v) is 4.74. The Bertz CT molecular complexity index is 403. The van der Waals surface area contributed by atoms with Crippen molar-refractivity contribution < 1.29 is 9.53 Å². The maximum Gasteiger partial charge on any atom is 0.338 e. The summed E-state index contributed by atoms with van der Waals surface area (Å²) in [7, 11) is 0. The standard InChI is InChI=1S/C13H14O2/c1-4-7-11-8-5-6-9-12(11)15-13(14)10(2)3/h4-9H,2H2,1,3H3. The lowest BCUT2D eigenvalue weighted by Crippen LogP contribution is -2.08. The first kappa shape index (κ1) is 11.2. The van der Waals surface area contributed by atoms with Crippen LogP contribution in [0.5, 0.6) is 5.75 Å². The molecular weight excluding hydrogens is 188 g/mol. The predicted octanol–water partition coefficient (Wildman–Crippen LogP) is 3.20. The summed E-state index contributed by atoms with van der Waals surface area (Å²) in [5.74, 6) is 0.163. The van der Waals surface area contributed by atoms with Gasteiger partial charge >= 0.3 is 5.97 Å². The molecule has 0 atom stereocenters. The van der Waals surface area contributed by atoms with Gasteiger partial charge in [0.1, 0.15) is 5.75 Å². The van der Waals surface area contributed by atoms with E-state index in [1.165, 1.54) is 0 Å². The molecule has 0 unspecified atom stereocenters. The van der Waals surface area contributed by atoms with E-state index in [1.54, 1.807) is 13.0 Å². The highest BCUT2D eigenvalue weighted by Gasteiger charge is 2.07. The lowest BCUT2D eigenvalue weighted by molar-refractivity contribution is -0.130. The van der Waals surface area contributed by atoms with Gasteiger partial charge in [-0.25, -0.2) is 4.79 Å². The summed E-state index contributed by atoms with van der Waals surface area (Å²) in [4.78, 5) is 11.3. The molecule has 0 aliphatic carbocycles. The van der Waals surface area contributed by atoms with Crippen molar-refractivity contribution in [3.05, 3.63) is 48.1 Å². The number of carbonyl (C=O) groups is 1. The zero-order chi connectivity index (χ0) is 11.3. The first-order chi connectivity index (χ1) is 7.15. The number of carbonyl (C=O) groups excluding carboxylic acids is 1. The van der Waals surface area contributed by atoms with Crippen molar-refractivity contribution in [3.8, 4) is 5.75 Å². The molecule has 0 bridgehead atoms. The van der Waals surface area contributed by atoms with E-state index in [0.717, 1.165) is 5.56 Å². The van der Waals surface area contributed by atoms with Crippen LogP contribution in [0.1, 0.15) is 19.4 Å². The molecule has 2 nitrogen and oxygen atoms in total. The maximum absolute atomic E-state index is 11.3. The van der Waals surface area contributed by atoms with Crippen LogP contribution < -0.4 is 4.74 Å². The first-order valence-electron chi connectivity index (χ1n) is 4.74. The zero-order valence-electron chi connectivity index (χ0n) is 8.99. The highest BCUT2D eigenvalue weighted by atomic mass is 16.5. The van der Waals surface area contributed by atoms with Crippen LogP contribution in [0, 0.1) is 0 Å². The zero-order valence-corrected chi connectivity index (χ0v) is 8.99. The normalized spacial score (nSPS) is 10.3. The Labute approximate surface area is 89.9 Å². The quantitative estimate of drug-likeness (QED) is 0.427. The van der Waals surface area contributed by atoms with Gasteiger partial charge in [-0.2, -0.15) is 0 Å². The minimum atomic E-state index is -0.396. The van der Waals surface area contributed by atoms with Crippen LogP contribution in [0.3, 0.4) is 0 Å². The lowest BCUT2D eigenvalue weighted by atomic mass is 10.2. The molecule has 0 saturated heterocycles. The summed E-state index contributed by atoms with van der Waals surface area (Å²) in [6.45, 7) is 7.07. The molecule has 0 amide bonds. The Morgan fingerprint density at radius 1 is 1.40 bits per heavy atom. The van der Waals surface area contributed by atoms with Crippen molar-refractivity contribution >= 4 is 12.0 Å². The highest BCUT2D eigenvalue weighted by molar-refractivity contribution is 5.89. The van der Waals surface area contributed by atoms with Gasteiger partial charge in [-0.05, 0) is 19.9 Å². The molecule has 15 heavy (non-hydrogen) atoms. The summed E-state index contributed by atoms with van der Waals surface area (Å²) in [5, 5.41) is 0. The SMILES string of the molecule is C=C(C)C(=O)Oc1ccccc1C=CC. The molecular formula is C13H14O2. The van der Waals surface area contributed by atoms with Crippen molar-refractivity contribution in [2.24, 2.45) is 0 Å². The number of benzene rings is 1. The molecule has 0 spiro atoms. The van der Waals surface area contributed by atoms with Crippen LogP contribution in [0.2, 0.25) is 0 Å². The van der Waals surface area contributed by atoms with Crippen LogP contribution in [-0.4, -0.2) is 5.97 Å². The van der Waals surface area contributed by atoms with Gasteiger partial charge in [0.25, 0.3) is 0 Å². The van der Waals surface area contributed by atoms with E-state index in [0.29, 0.717) is 11.3 Å². The van der Waals surface area contributed by atoms with E-state index in [-0.39, 0.29) is 0 Å². The summed E-state index contributed by atoms with van der Waals surface area (Å²) >= 11 is 0.